The molecule has 96 valence electrons. The number of hydrogen-bond donors (Lipinski definition) is 3. The molecule has 3 rings (SSSR count). The van der Waals surface area contributed by atoms with Gasteiger partial charge in [0.05, 0.1) is 11.9 Å². The Bertz CT molecular complexity index is 616. The number of aliphatic imine (C=N–C) groups is 3. The molecular formula is C12H12N6O. The van der Waals surface area contributed by atoms with Gasteiger partial charge in [-0.1, -0.05) is 12.1 Å². The van der Waals surface area contributed by atoms with Crippen LogP contribution in [0.4, 0.5) is 5.69 Å². The van der Waals surface area contributed by atoms with Crippen LogP contribution in [0.15, 0.2) is 39.2 Å². The Balaban J connectivity index is 1.96. The molecule has 0 aromatic heterocycles. The zero-order valence-corrected chi connectivity index (χ0v) is 9.95. The van der Waals surface area contributed by atoms with Crippen molar-refractivity contribution in [3.05, 3.63) is 29.8 Å². The largest absolute Gasteiger partial charge is 0.399 e. The number of nitrogens with two attached hydrogens (primary N) is 2. The minimum atomic E-state index is -0.746. The van der Waals surface area contributed by atoms with E-state index in [9.17, 15) is 4.79 Å². The fraction of sp³-hybridized carbons (Fsp3) is 0.167. The third kappa shape index (κ3) is 2.11. The molecule has 2 heterocycles. The van der Waals surface area contributed by atoms with E-state index >= 15 is 0 Å². The Morgan fingerprint density at radius 3 is 2.63 bits per heavy atom. The minimum absolute atomic E-state index is 0.290. The Morgan fingerprint density at radius 1 is 1.16 bits per heavy atom. The monoisotopic (exact) mass is 256 g/mol. The molecule has 1 aromatic carbocycles. The van der Waals surface area contributed by atoms with Gasteiger partial charge in [0.15, 0.2) is 18.2 Å². The minimum Gasteiger partial charge on any atom is -0.399 e. The van der Waals surface area contributed by atoms with Crippen molar-refractivity contribution in [1.82, 2.24) is 5.32 Å². The van der Waals surface area contributed by atoms with Crippen LogP contribution in [-0.4, -0.2) is 36.0 Å². The van der Waals surface area contributed by atoms with E-state index in [4.69, 9.17) is 11.5 Å². The average Bonchev–Trinajstić information content (AvgIpc) is 2.39. The van der Waals surface area contributed by atoms with Gasteiger partial charge >= 0.3 is 0 Å². The van der Waals surface area contributed by atoms with Crippen molar-refractivity contribution in [2.45, 2.75) is 12.3 Å². The summed E-state index contributed by atoms with van der Waals surface area (Å²) in [4.78, 5) is 24.3. The first-order valence-corrected chi connectivity index (χ1v) is 5.75. The summed E-state index contributed by atoms with van der Waals surface area (Å²) in [5.74, 6) is 0.0535. The number of benzene rings is 1. The maximum atomic E-state index is 11.8. The van der Waals surface area contributed by atoms with E-state index in [1.54, 1.807) is 18.3 Å². The lowest BCUT2D eigenvalue weighted by atomic mass is 10.1. The Kier molecular flexibility index (Phi) is 2.60. The molecule has 2 atom stereocenters. The Hall–Kier alpha value is -2.54. The second kappa shape index (κ2) is 4.29. The summed E-state index contributed by atoms with van der Waals surface area (Å²) in [5.41, 5.74) is 13.3. The van der Waals surface area contributed by atoms with Gasteiger partial charge in [-0.3, -0.25) is 15.5 Å². The third-order valence-corrected chi connectivity index (χ3v) is 2.85. The highest BCUT2D eigenvalue weighted by Gasteiger charge is 2.32. The van der Waals surface area contributed by atoms with Crippen molar-refractivity contribution < 1.29 is 4.79 Å². The van der Waals surface area contributed by atoms with Crippen LogP contribution in [0.5, 0.6) is 0 Å². The summed E-state index contributed by atoms with van der Waals surface area (Å²) in [6, 6.07) is 6.47. The lowest BCUT2D eigenvalue weighted by Crippen LogP contribution is -2.53. The number of fused-ring (bicyclic) bond motifs is 1. The van der Waals surface area contributed by atoms with Crippen molar-refractivity contribution >= 4 is 29.4 Å². The number of nitrogens with zero attached hydrogens (tertiary/aromatic N) is 3. The van der Waals surface area contributed by atoms with Crippen LogP contribution in [0, 0.1) is 0 Å². The highest BCUT2D eigenvalue weighted by molar-refractivity contribution is 6.42. The van der Waals surface area contributed by atoms with Gasteiger partial charge in [0.25, 0.3) is 5.91 Å². The van der Waals surface area contributed by atoms with Gasteiger partial charge in [0, 0.05) is 11.3 Å². The second-order valence-corrected chi connectivity index (χ2v) is 4.24. The van der Waals surface area contributed by atoms with E-state index in [1.807, 2.05) is 12.1 Å². The van der Waals surface area contributed by atoms with Gasteiger partial charge in [0.1, 0.15) is 0 Å². The van der Waals surface area contributed by atoms with E-state index in [-0.39, 0.29) is 5.91 Å². The molecule has 0 fully saturated rings. The van der Waals surface area contributed by atoms with Gasteiger partial charge < -0.3 is 11.1 Å². The Morgan fingerprint density at radius 2 is 1.89 bits per heavy atom. The molecule has 2 aliphatic rings. The van der Waals surface area contributed by atoms with E-state index in [1.165, 1.54) is 0 Å². The number of rotatable bonds is 1. The number of hydrogen-bond acceptors (Lipinski definition) is 6. The molecule has 0 spiro atoms. The summed E-state index contributed by atoms with van der Waals surface area (Å²) in [5, 5.41) is 2.51. The lowest BCUT2D eigenvalue weighted by Gasteiger charge is -2.24. The first-order chi connectivity index (χ1) is 9.13. The number of nitrogen functional groups attached to an aromatic ring is 1. The fourth-order valence-electron chi connectivity index (χ4n) is 1.91. The van der Waals surface area contributed by atoms with E-state index < -0.39 is 12.3 Å². The van der Waals surface area contributed by atoms with Crippen LogP contribution in [0.2, 0.25) is 0 Å². The number of carbonyl (C=O) groups excluding carboxylic acids is 1. The van der Waals surface area contributed by atoms with Crippen LogP contribution >= 0.6 is 0 Å². The van der Waals surface area contributed by atoms with Crippen molar-refractivity contribution in [3.63, 3.8) is 0 Å². The number of amides is 1. The molecular weight excluding hydrogens is 244 g/mol. The van der Waals surface area contributed by atoms with Gasteiger partial charge in [0.2, 0.25) is 0 Å². The fourth-order valence-corrected chi connectivity index (χ4v) is 1.91. The smallest absolute Gasteiger partial charge is 0.255 e. The van der Waals surface area contributed by atoms with Crippen LogP contribution < -0.4 is 16.8 Å². The molecule has 5 N–H and O–H groups in total. The molecule has 19 heavy (non-hydrogen) atoms. The van der Waals surface area contributed by atoms with Gasteiger partial charge in [-0.15, -0.1) is 0 Å². The van der Waals surface area contributed by atoms with E-state index in [0.29, 0.717) is 17.2 Å². The van der Waals surface area contributed by atoms with Crippen LogP contribution in [0.25, 0.3) is 0 Å². The molecule has 0 bridgehead atoms. The van der Waals surface area contributed by atoms with Gasteiger partial charge in [-0.2, -0.15) is 0 Å². The maximum absolute atomic E-state index is 11.8. The number of nitrogens with one attached hydrogen (secondary N) is 1. The first kappa shape index (κ1) is 11.5. The molecule has 7 heteroatoms. The highest BCUT2D eigenvalue weighted by atomic mass is 16.2. The quantitative estimate of drug-likeness (QED) is 0.575. The lowest BCUT2D eigenvalue weighted by molar-refractivity contribution is -0.121. The predicted octanol–water partition coefficient (Wildman–Crippen LogP) is -0.718. The molecule has 2 aliphatic heterocycles. The molecule has 0 radical (unpaired) electrons. The summed E-state index contributed by atoms with van der Waals surface area (Å²) >= 11 is 0. The molecule has 0 unspecified atom stereocenters. The van der Waals surface area contributed by atoms with Crippen LogP contribution in [0.3, 0.4) is 0 Å². The van der Waals surface area contributed by atoms with Crippen LogP contribution in [-0.2, 0) is 4.79 Å². The number of anilines is 1. The van der Waals surface area contributed by atoms with Crippen molar-refractivity contribution in [2.24, 2.45) is 20.7 Å². The van der Waals surface area contributed by atoms with Crippen molar-refractivity contribution in [1.29, 1.82) is 0 Å². The van der Waals surface area contributed by atoms with E-state index in [0.717, 1.165) is 5.56 Å². The molecule has 0 saturated carbocycles. The zero-order valence-electron chi connectivity index (χ0n) is 9.95. The predicted molar refractivity (Wildman–Crippen MR) is 73.2 cm³/mol. The highest BCUT2D eigenvalue weighted by Crippen LogP contribution is 2.13. The third-order valence-electron chi connectivity index (χ3n) is 2.85. The maximum Gasteiger partial charge on any atom is 0.255 e. The molecule has 1 amide bonds. The topological polar surface area (TPSA) is 118 Å². The van der Waals surface area contributed by atoms with Crippen molar-refractivity contribution in [2.75, 3.05) is 5.73 Å². The SMILES string of the molecule is Nc1ccc(C2=N[C@@H]3C(=O)N[C@@H](N)N=C3N=C2)cc1. The summed E-state index contributed by atoms with van der Waals surface area (Å²) < 4.78 is 0. The summed E-state index contributed by atoms with van der Waals surface area (Å²) in [6.45, 7) is 0. The number of amidine groups is 1. The zero-order chi connectivity index (χ0) is 13.4. The van der Waals surface area contributed by atoms with E-state index in [2.05, 4.69) is 20.3 Å². The summed E-state index contributed by atoms with van der Waals surface area (Å²) in [6.07, 6.45) is 0.829. The second-order valence-electron chi connectivity index (χ2n) is 4.24. The molecule has 1 aromatic rings. The standard InChI is InChI=1S/C12H12N6O/c13-7-3-1-6(2-4-7)8-5-15-10-9(16-8)11(19)18-12(14)17-10/h1-5,9,12H,13-14H2,(H,18,19)/t9-,12-/m0/s1. The first-order valence-electron chi connectivity index (χ1n) is 5.75. The van der Waals surface area contributed by atoms with Gasteiger partial charge in [-0.25, -0.2) is 9.98 Å². The molecule has 0 saturated heterocycles. The average molecular weight is 256 g/mol. The van der Waals surface area contributed by atoms with Crippen LogP contribution in [0.1, 0.15) is 5.56 Å². The molecule has 0 aliphatic carbocycles. The Labute approximate surface area is 109 Å². The summed E-state index contributed by atoms with van der Waals surface area (Å²) in [7, 11) is 0. The normalized spacial score (nSPS) is 25.2. The number of carbonyl (C=O) groups is 1. The molecule has 7 nitrogen and oxygen atoms in total. The van der Waals surface area contributed by atoms with Crippen molar-refractivity contribution in [3.8, 4) is 0 Å². The van der Waals surface area contributed by atoms with Gasteiger partial charge in [-0.05, 0) is 12.1 Å².